The van der Waals surface area contributed by atoms with Gasteiger partial charge in [-0.3, -0.25) is 29.1 Å². The minimum atomic E-state index is -0.810. The number of thiazole rings is 1. The van der Waals surface area contributed by atoms with Crippen LogP contribution < -0.4 is 15.6 Å². The Morgan fingerprint density at radius 1 is 1.10 bits per heavy atom. The monoisotopic (exact) mass is 543 g/mol. The van der Waals surface area contributed by atoms with E-state index < -0.39 is 17.2 Å². The summed E-state index contributed by atoms with van der Waals surface area (Å²) in [4.78, 5) is 58.7. The van der Waals surface area contributed by atoms with E-state index >= 15 is 0 Å². The molecule has 39 heavy (non-hydrogen) atoms. The zero-order valence-electron chi connectivity index (χ0n) is 22.1. The van der Waals surface area contributed by atoms with Gasteiger partial charge in [0.1, 0.15) is 21.9 Å². The Kier molecular flexibility index (Phi) is 7.36. The third kappa shape index (κ3) is 4.98. The molecule has 5 heterocycles. The van der Waals surface area contributed by atoms with Gasteiger partial charge in [-0.05, 0) is 58.1 Å². The molecule has 5 rings (SSSR count). The number of hydrogen-bond donors (Lipinski definition) is 1. The highest BCUT2D eigenvalue weighted by atomic mass is 32.1. The van der Waals surface area contributed by atoms with Crippen LogP contribution in [0.2, 0.25) is 0 Å². The van der Waals surface area contributed by atoms with Crippen LogP contribution in [0, 0.1) is 6.92 Å². The van der Waals surface area contributed by atoms with Crippen molar-refractivity contribution in [1.29, 1.82) is 0 Å². The van der Waals surface area contributed by atoms with E-state index in [4.69, 9.17) is 4.98 Å². The first kappa shape index (κ1) is 26.4. The number of carbonyl (C=O) groups excluding carboxylic acids is 2. The van der Waals surface area contributed by atoms with E-state index in [0.717, 1.165) is 49.0 Å². The Labute approximate surface area is 229 Å². The lowest BCUT2D eigenvalue weighted by molar-refractivity contribution is 0.0846. The van der Waals surface area contributed by atoms with Crippen LogP contribution in [0.4, 0.5) is 5.82 Å². The third-order valence-electron chi connectivity index (χ3n) is 6.68. The predicted molar refractivity (Wildman–Crippen MR) is 155 cm³/mol. The lowest BCUT2D eigenvalue weighted by Gasteiger charge is -2.22. The molecular weight excluding hydrogens is 514 g/mol. The van der Waals surface area contributed by atoms with E-state index in [1.54, 1.807) is 19.1 Å². The number of likely N-dealkylation sites (N-methyl/N-ethyl adjacent to an activating group) is 1. The fraction of sp³-hybridized carbons (Fsp3) is 0.286. The van der Waals surface area contributed by atoms with Gasteiger partial charge in [0.2, 0.25) is 5.43 Å². The van der Waals surface area contributed by atoms with Crippen molar-refractivity contribution in [3.05, 3.63) is 74.9 Å². The van der Waals surface area contributed by atoms with Gasteiger partial charge in [0.05, 0.1) is 27.8 Å². The Hall–Kier alpha value is -4.22. The number of imide groups is 1. The highest BCUT2D eigenvalue weighted by Crippen LogP contribution is 2.31. The van der Waals surface area contributed by atoms with Gasteiger partial charge < -0.3 is 9.80 Å². The molecule has 1 fully saturated rings. The largest absolute Gasteiger partial charge is 0.355 e. The van der Waals surface area contributed by atoms with Gasteiger partial charge in [-0.25, -0.2) is 9.97 Å². The van der Waals surface area contributed by atoms with E-state index in [2.05, 4.69) is 38.7 Å². The molecule has 0 radical (unpaired) electrons. The van der Waals surface area contributed by atoms with Gasteiger partial charge in [0.25, 0.3) is 11.8 Å². The van der Waals surface area contributed by atoms with E-state index in [1.165, 1.54) is 23.7 Å². The van der Waals surface area contributed by atoms with Crippen LogP contribution in [0.1, 0.15) is 50.5 Å². The number of nitrogens with one attached hydrogen (secondary N) is 1. The standard InChI is InChI=1S/C28H29N7O3S/c1-5-8-20-21(6-2)39-28-23(27(38)32-26(37)19-16-29-17(3)15-30-19)24(36)18-9-10-22(31-25(18)35(20)28)34-12-7-11-33(4)13-14-34/h5-6,8-10,15-16H,2,7,11-14H2,1,3-4H3,(H,32,37,38)/b8-5-. The molecule has 2 amide bonds. The average Bonchev–Trinajstić information content (AvgIpc) is 3.13. The molecule has 200 valence electrons. The molecule has 10 nitrogen and oxygen atoms in total. The summed E-state index contributed by atoms with van der Waals surface area (Å²) in [5.74, 6) is -0.775. The summed E-state index contributed by atoms with van der Waals surface area (Å²) >= 11 is 1.25. The maximum atomic E-state index is 13.8. The van der Waals surface area contributed by atoms with E-state index in [9.17, 15) is 14.4 Å². The van der Waals surface area contributed by atoms with Crippen LogP contribution in [-0.4, -0.2) is 69.3 Å². The number of allylic oxidation sites excluding steroid dienone is 1. The molecule has 0 aliphatic carbocycles. The molecule has 0 spiro atoms. The summed E-state index contributed by atoms with van der Waals surface area (Å²) in [7, 11) is 2.11. The van der Waals surface area contributed by atoms with Crippen LogP contribution in [0.15, 0.2) is 42.0 Å². The van der Waals surface area contributed by atoms with Gasteiger partial charge in [0, 0.05) is 25.8 Å². The van der Waals surface area contributed by atoms with Crippen LogP contribution in [0.3, 0.4) is 0 Å². The smallest absolute Gasteiger partial charge is 0.278 e. The summed E-state index contributed by atoms with van der Waals surface area (Å²) in [6.45, 7) is 11.2. The van der Waals surface area contributed by atoms with Crippen molar-refractivity contribution in [2.24, 2.45) is 0 Å². The second-order valence-corrected chi connectivity index (χ2v) is 10.4. The summed E-state index contributed by atoms with van der Waals surface area (Å²) in [6.07, 6.45) is 9.20. The number of nitrogens with zero attached hydrogens (tertiary/aromatic N) is 6. The maximum Gasteiger partial charge on any atom is 0.278 e. The van der Waals surface area contributed by atoms with Crippen LogP contribution in [0.25, 0.3) is 28.0 Å². The number of aryl methyl sites for hydroxylation is 1. The van der Waals surface area contributed by atoms with E-state index in [-0.39, 0.29) is 16.6 Å². The SMILES string of the molecule is C=Cc1sc2c(C(=O)NC(=O)c3cnc(C)cn3)c(=O)c3ccc(N4CCCN(C)CC4)nc3n2c1/C=C\C. The maximum absolute atomic E-state index is 13.8. The number of anilines is 1. The van der Waals surface area contributed by atoms with Crippen molar-refractivity contribution in [2.45, 2.75) is 20.3 Å². The lowest BCUT2D eigenvalue weighted by Crippen LogP contribution is -2.35. The number of fused-ring (bicyclic) bond motifs is 3. The Morgan fingerprint density at radius 3 is 2.64 bits per heavy atom. The number of aromatic nitrogens is 4. The first-order chi connectivity index (χ1) is 18.8. The second-order valence-electron chi connectivity index (χ2n) is 9.41. The average molecular weight is 544 g/mol. The van der Waals surface area contributed by atoms with Crippen LogP contribution in [0.5, 0.6) is 0 Å². The molecule has 1 saturated heterocycles. The molecule has 1 aliphatic heterocycles. The Bertz CT molecular complexity index is 1690. The van der Waals surface area contributed by atoms with Gasteiger partial charge >= 0.3 is 0 Å². The minimum absolute atomic E-state index is 0.0203. The van der Waals surface area contributed by atoms with E-state index in [0.29, 0.717) is 16.2 Å². The topological polar surface area (TPSA) is 113 Å². The molecule has 0 bridgehead atoms. The summed E-state index contributed by atoms with van der Waals surface area (Å²) in [6, 6.07) is 3.54. The van der Waals surface area contributed by atoms with Crippen molar-refractivity contribution in [1.82, 2.24) is 29.6 Å². The summed E-state index contributed by atoms with van der Waals surface area (Å²) in [5, 5.41) is 2.61. The number of carbonyl (C=O) groups is 2. The zero-order chi connectivity index (χ0) is 27.7. The lowest BCUT2D eigenvalue weighted by atomic mass is 10.1. The Morgan fingerprint density at radius 2 is 1.92 bits per heavy atom. The van der Waals surface area contributed by atoms with Crippen molar-refractivity contribution < 1.29 is 9.59 Å². The molecule has 0 aromatic carbocycles. The summed E-state index contributed by atoms with van der Waals surface area (Å²) in [5.41, 5.74) is 1.19. The molecule has 4 aromatic rings. The number of amides is 2. The number of hydrogen-bond acceptors (Lipinski definition) is 9. The molecular formula is C28H29N7O3S. The van der Waals surface area contributed by atoms with Crippen molar-refractivity contribution in [2.75, 3.05) is 38.1 Å². The minimum Gasteiger partial charge on any atom is -0.355 e. The molecule has 1 aliphatic rings. The molecule has 0 unspecified atom stereocenters. The highest BCUT2D eigenvalue weighted by molar-refractivity contribution is 7.19. The van der Waals surface area contributed by atoms with Crippen LogP contribution >= 0.6 is 11.3 Å². The quantitative estimate of drug-likeness (QED) is 0.381. The Balaban J connectivity index is 1.68. The number of pyridine rings is 2. The molecule has 11 heteroatoms. The third-order valence-corrected chi connectivity index (χ3v) is 7.86. The molecule has 0 atom stereocenters. The van der Waals surface area contributed by atoms with Gasteiger partial charge in [-0.1, -0.05) is 12.7 Å². The fourth-order valence-electron chi connectivity index (χ4n) is 4.66. The molecule has 0 saturated carbocycles. The second kappa shape index (κ2) is 10.9. The normalized spacial score (nSPS) is 14.7. The van der Waals surface area contributed by atoms with Crippen molar-refractivity contribution in [3.8, 4) is 0 Å². The fourth-order valence-corrected chi connectivity index (χ4v) is 5.78. The summed E-state index contributed by atoms with van der Waals surface area (Å²) < 4.78 is 1.82. The molecule has 1 N–H and O–H groups in total. The highest BCUT2D eigenvalue weighted by Gasteiger charge is 2.26. The first-order valence-electron chi connectivity index (χ1n) is 12.7. The van der Waals surface area contributed by atoms with E-state index in [1.807, 2.05) is 29.5 Å². The van der Waals surface area contributed by atoms with Gasteiger partial charge in [-0.2, -0.15) is 0 Å². The van der Waals surface area contributed by atoms with Gasteiger partial charge in [-0.15, -0.1) is 11.3 Å². The van der Waals surface area contributed by atoms with Crippen molar-refractivity contribution >= 4 is 57.0 Å². The zero-order valence-corrected chi connectivity index (χ0v) is 22.9. The first-order valence-corrected chi connectivity index (χ1v) is 13.5. The molecule has 4 aromatic heterocycles. The van der Waals surface area contributed by atoms with Crippen molar-refractivity contribution in [3.63, 3.8) is 0 Å². The van der Waals surface area contributed by atoms with Gasteiger partial charge in [0.15, 0.2) is 5.65 Å². The number of rotatable bonds is 5. The van der Waals surface area contributed by atoms with Crippen LogP contribution in [-0.2, 0) is 0 Å². The predicted octanol–water partition coefficient (Wildman–Crippen LogP) is 3.40.